The van der Waals surface area contributed by atoms with Gasteiger partial charge in [0.2, 0.25) is 5.91 Å². The first-order valence-corrected chi connectivity index (χ1v) is 9.03. The Hall–Kier alpha value is -2.10. The number of nitrogens with one attached hydrogen (secondary N) is 1. The first kappa shape index (κ1) is 16.4. The molecule has 25 heavy (non-hydrogen) atoms. The highest BCUT2D eigenvalue weighted by molar-refractivity contribution is 6.31. The molecule has 1 aliphatic carbocycles. The lowest BCUT2D eigenvalue weighted by molar-refractivity contribution is -0.117. The monoisotopic (exact) mass is 352 g/mol. The lowest BCUT2D eigenvalue weighted by atomic mass is 9.94. The Morgan fingerprint density at radius 1 is 1.20 bits per heavy atom. The zero-order valence-corrected chi connectivity index (χ0v) is 15.0. The molecule has 4 rings (SSSR count). The van der Waals surface area contributed by atoms with Gasteiger partial charge in [-0.3, -0.25) is 9.69 Å². The SMILES string of the molecule is CN1Cc2cccc(Cl)c2C[C@@H]1CNC(=O)C1=Cc2ccccc2C1. The van der Waals surface area contributed by atoms with Crippen molar-refractivity contribution in [3.8, 4) is 0 Å². The van der Waals surface area contributed by atoms with E-state index in [4.69, 9.17) is 11.6 Å². The Labute approximate surface area is 153 Å². The molecule has 0 saturated heterocycles. The van der Waals surface area contributed by atoms with E-state index in [2.05, 4.69) is 35.5 Å². The molecular weight excluding hydrogens is 332 g/mol. The first-order chi connectivity index (χ1) is 12.1. The van der Waals surface area contributed by atoms with Gasteiger partial charge in [0.1, 0.15) is 0 Å². The van der Waals surface area contributed by atoms with E-state index in [1.54, 1.807) is 0 Å². The van der Waals surface area contributed by atoms with E-state index < -0.39 is 0 Å². The number of hydrogen-bond acceptors (Lipinski definition) is 2. The maximum Gasteiger partial charge on any atom is 0.247 e. The zero-order chi connectivity index (χ0) is 17.4. The third kappa shape index (κ3) is 3.22. The molecule has 2 aromatic rings. The van der Waals surface area contributed by atoms with Gasteiger partial charge in [-0.25, -0.2) is 0 Å². The number of nitrogens with zero attached hydrogens (tertiary/aromatic N) is 1. The Bertz CT molecular complexity index is 859. The number of carbonyl (C=O) groups is 1. The second kappa shape index (κ2) is 6.66. The van der Waals surface area contributed by atoms with Gasteiger partial charge in [-0.15, -0.1) is 0 Å². The number of carbonyl (C=O) groups excluding carboxylic acids is 1. The highest BCUT2D eigenvalue weighted by Crippen LogP contribution is 2.28. The zero-order valence-electron chi connectivity index (χ0n) is 14.3. The summed E-state index contributed by atoms with van der Waals surface area (Å²) in [5.41, 5.74) is 5.73. The van der Waals surface area contributed by atoms with Gasteiger partial charge in [0.15, 0.2) is 0 Å². The van der Waals surface area contributed by atoms with Gasteiger partial charge in [0.25, 0.3) is 0 Å². The van der Waals surface area contributed by atoms with E-state index in [0.717, 1.165) is 35.5 Å². The van der Waals surface area contributed by atoms with Crippen molar-refractivity contribution in [2.45, 2.75) is 25.4 Å². The van der Waals surface area contributed by atoms with Crippen molar-refractivity contribution in [3.63, 3.8) is 0 Å². The summed E-state index contributed by atoms with van der Waals surface area (Å²) < 4.78 is 0. The summed E-state index contributed by atoms with van der Waals surface area (Å²) in [6.07, 6.45) is 3.59. The summed E-state index contributed by atoms with van der Waals surface area (Å²) in [4.78, 5) is 14.8. The molecule has 0 aromatic heterocycles. The molecule has 3 nitrogen and oxygen atoms in total. The molecule has 0 spiro atoms. The fraction of sp³-hybridized carbons (Fsp3) is 0.286. The van der Waals surface area contributed by atoms with Crippen molar-refractivity contribution in [1.82, 2.24) is 10.2 Å². The van der Waals surface area contributed by atoms with Crippen molar-refractivity contribution < 1.29 is 4.79 Å². The van der Waals surface area contributed by atoms with Crippen LogP contribution in [0.3, 0.4) is 0 Å². The van der Waals surface area contributed by atoms with Gasteiger partial charge < -0.3 is 5.32 Å². The minimum absolute atomic E-state index is 0.0366. The van der Waals surface area contributed by atoms with Gasteiger partial charge >= 0.3 is 0 Å². The minimum atomic E-state index is 0.0366. The van der Waals surface area contributed by atoms with E-state index in [1.165, 1.54) is 16.7 Å². The van der Waals surface area contributed by atoms with Crippen molar-refractivity contribution in [2.24, 2.45) is 0 Å². The van der Waals surface area contributed by atoms with Crippen LogP contribution in [0.4, 0.5) is 0 Å². The molecule has 1 aliphatic heterocycles. The largest absolute Gasteiger partial charge is 0.351 e. The fourth-order valence-corrected chi connectivity index (χ4v) is 4.02. The summed E-state index contributed by atoms with van der Waals surface area (Å²) in [5, 5.41) is 3.95. The molecule has 2 aliphatic rings. The van der Waals surface area contributed by atoms with E-state index in [-0.39, 0.29) is 11.9 Å². The Morgan fingerprint density at radius 3 is 2.84 bits per heavy atom. The normalized spacial score (nSPS) is 19.1. The fourth-order valence-electron chi connectivity index (χ4n) is 3.75. The van der Waals surface area contributed by atoms with E-state index >= 15 is 0 Å². The molecular formula is C21H21ClN2O. The smallest absolute Gasteiger partial charge is 0.247 e. The maximum atomic E-state index is 12.6. The summed E-state index contributed by atoms with van der Waals surface area (Å²) in [6, 6.07) is 14.5. The van der Waals surface area contributed by atoms with Crippen LogP contribution in [0.15, 0.2) is 48.0 Å². The van der Waals surface area contributed by atoms with Gasteiger partial charge in [-0.1, -0.05) is 48.0 Å². The molecule has 0 unspecified atom stereocenters. The summed E-state index contributed by atoms with van der Waals surface area (Å²) >= 11 is 6.36. The van der Waals surface area contributed by atoms with Crippen LogP contribution in [0.25, 0.3) is 6.08 Å². The number of likely N-dealkylation sites (N-methyl/N-ethyl adjacent to an activating group) is 1. The Balaban J connectivity index is 1.41. The molecule has 1 amide bonds. The number of hydrogen-bond donors (Lipinski definition) is 1. The number of fused-ring (bicyclic) bond motifs is 2. The standard InChI is InChI=1S/C21H21ClN2O/c1-24-13-16-7-4-8-20(22)19(16)11-18(24)12-23-21(25)17-9-14-5-2-3-6-15(14)10-17/h2-9,18H,10-13H2,1H3,(H,23,25)/t18-/m1/s1. The quantitative estimate of drug-likeness (QED) is 0.917. The topological polar surface area (TPSA) is 32.3 Å². The molecule has 0 radical (unpaired) electrons. The molecule has 1 heterocycles. The molecule has 0 fully saturated rings. The molecule has 1 atom stereocenters. The van der Waals surface area contributed by atoms with Gasteiger partial charge in [0, 0.05) is 36.1 Å². The minimum Gasteiger partial charge on any atom is -0.351 e. The van der Waals surface area contributed by atoms with E-state index in [1.807, 2.05) is 30.3 Å². The molecule has 4 heteroatoms. The third-order valence-electron chi connectivity index (χ3n) is 5.25. The van der Waals surface area contributed by atoms with Crippen LogP contribution in [0.1, 0.15) is 22.3 Å². The number of rotatable bonds is 3. The number of benzene rings is 2. The van der Waals surface area contributed by atoms with Crippen LogP contribution < -0.4 is 5.32 Å². The molecule has 2 aromatic carbocycles. The molecule has 128 valence electrons. The molecule has 0 bridgehead atoms. The predicted molar refractivity (Wildman–Crippen MR) is 102 cm³/mol. The first-order valence-electron chi connectivity index (χ1n) is 8.65. The average molecular weight is 353 g/mol. The second-order valence-corrected chi connectivity index (χ2v) is 7.31. The third-order valence-corrected chi connectivity index (χ3v) is 5.61. The van der Waals surface area contributed by atoms with Crippen LogP contribution in [-0.4, -0.2) is 30.4 Å². The highest BCUT2D eigenvalue weighted by atomic mass is 35.5. The molecule has 0 saturated carbocycles. The Morgan fingerprint density at radius 2 is 2.00 bits per heavy atom. The van der Waals surface area contributed by atoms with Gasteiger partial charge in [0.05, 0.1) is 0 Å². The van der Waals surface area contributed by atoms with Crippen LogP contribution >= 0.6 is 11.6 Å². The van der Waals surface area contributed by atoms with Crippen molar-refractivity contribution in [3.05, 3.63) is 75.3 Å². The lowest BCUT2D eigenvalue weighted by Gasteiger charge is -2.34. The van der Waals surface area contributed by atoms with Crippen LogP contribution in [0.2, 0.25) is 5.02 Å². The van der Waals surface area contributed by atoms with E-state index in [9.17, 15) is 4.79 Å². The van der Waals surface area contributed by atoms with Crippen LogP contribution in [0.5, 0.6) is 0 Å². The average Bonchev–Trinajstić information content (AvgIpc) is 3.04. The molecule has 1 N–H and O–H groups in total. The number of amides is 1. The predicted octanol–water partition coefficient (Wildman–Crippen LogP) is 3.45. The van der Waals surface area contributed by atoms with Crippen LogP contribution in [-0.2, 0) is 24.2 Å². The van der Waals surface area contributed by atoms with Crippen LogP contribution in [0, 0.1) is 0 Å². The second-order valence-electron chi connectivity index (χ2n) is 6.91. The summed E-state index contributed by atoms with van der Waals surface area (Å²) in [7, 11) is 2.10. The maximum absolute atomic E-state index is 12.6. The van der Waals surface area contributed by atoms with E-state index in [0.29, 0.717) is 6.54 Å². The summed E-state index contributed by atoms with van der Waals surface area (Å²) in [5.74, 6) is 0.0366. The summed E-state index contributed by atoms with van der Waals surface area (Å²) in [6.45, 7) is 1.50. The van der Waals surface area contributed by atoms with Gasteiger partial charge in [-0.2, -0.15) is 0 Å². The van der Waals surface area contributed by atoms with Crippen molar-refractivity contribution >= 4 is 23.6 Å². The Kier molecular flexibility index (Phi) is 4.36. The lowest BCUT2D eigenvalue weighted by Crippen LogP contribution is -2.45. The number of halogens is 1. The van der Waals surface area contributed by atoms with Crippen molar-refractivity contribution in [2.75, 3.05) is 13.6 Å². The van der Waals surface area contributed by atoms with Crippen molar-refractivity contribution in [1.29, 1.82) is 0 Å². The highest BCUT2D eigenvalue weighted by Gasteiger charge is 2.26. The van der Waals surface area contributed by atoms with Gasteiger partial charge in [-0.05, 0) is 47.9 Å².